The van der Waals surface area contributed by atoms with Crippen molar-refractivity contribution in [1.29, 1.82) is 0 Å². The minimum atomic E-state index is -0.131. The molecule has 0 saturated carbocycles. The quantitative estimate of drug-likeness (QED) is 0.702. The van der Waals surface area contributed by atoms with Crippen molar-refractivity contribution in [3.8, 4) is 5.69 Å². The smallest absolute Gasteiger partial charge is 0.257 e. The Morgan fingerprint density at radius 2 is 1.77 bits per heavy atom. The summed E-state index contributed by atoms with van der Waals surface area (Å²) in [6.07, 6.45) is 2.07. The number of pyridine rings is 1. The van der Waals surface area contributed by atoms with Gasteiger partial charge in [-0.2, -0.15) is 0 Å². The van der Waals surface area contributed by atoms with E-state index in [1.54, 1.807) is 6.20 Å². The number of nitrogens with one attached hydrogen (secondary N) is 1. The number of benzene rings is 1. The molecule has 1 aliphatic heterocycles. The van der Waals surface area contributed by atoms with Crippen LogP contribution in [-0.2, 0) is 4.74 Å². The highest BCUT2D eigenvalue weighted by Crippen LogP contribution is 2.23. The summed E-state index contributed by atoms with van der Waals surface area (Å²) in [6, 6.07) is 15.8. The Morgan fingerprint density at radius 3 is 2.40 bits per heavy atom. The molecule has 0 bridgehead atoms. The second-order valence-corrected chi connectivity index (χ2v) is 7.98. The topological polar surface area (TPSA) is 59.4 Å². The molecule has 1 N–H and O–H groups in total. The third kappa shape index (κ3) is 4.09. The maximum Gasteiger partial charge on any atom is 0.257 e. The fourth-order valence-electron chi connectivity index (χ4n) is 4.18. The maximum atomic E-state index is 12.9. The molecule has 6 heteroatoms. The van der Waals surface area contributed by atoms with Gasteiger partial charge in [0.1, 0.15) is 5.82 Å². The van der Waals surface area contributed by atoms with Crippen LogP contribution in [0.15, 0.2) is 54.7 Å². The van der Waals surface area contributed by atoms with Crippen molar-refractivity contribution in [3.63, 3.8) is 0 Å². The van der Waals surface area contributed by atoms with E-state index >= 15 is 0 Å². The number of aromatic nitrogens is 2. The molecule has 1 saturated heterocycles. The van der Waals surface area contributed by atoms with Gasteiger partial charge in [-0.05, 0) is 58.0 Å². The number of anilines is 2. The summed E-state index contributed by atoms with van der Waals surface area (Å²) in [4.78, 5) is 19.7. The first-order valence-electron chi connectivity index (χ1n) is 10.3. The Hall–Kier alpha value is -3.12. The molecule has 156 valence electrons. The second-order valence-electron chi connectivity index (χ2n) is 7.98. The van der Waals surface area contributed by atoms with Gasteiger partial charge in [0.05, 0.1) is 29.7 Å². The lowest BCUT2D eigenvalue weighted by Crippen LogP contribution is -2.45. The zero-order valence-corrected chi connectivity index (χ0v) is 17.9. The van der Waals surface area contributed by atoms with E-state index in [0.29, 0.717) is 11.3 Å². The lowest BCUT2D eigenvalue weighted by atomic mass is 10.2. The van der Waals surface area contributed by atoms with E-state index in [1.165, 1.54) is 0 Å². The number of carbonyl (C=O) groups excluding carboxylic acids is 1. The zero-order valence-electron chi connectivity index (χ0n) is 17.9. The first-order valence-corrected chi connectivity index (χ1v) is 10.3. The average molecular weight is 405 g/mol. The number of aryl methyl sites for hydroxylation is 1. The van der Waals surface area contributed by atoms with E-state index in [9.17, 15) is 4.79 Å². The van der Waals surface area contributed by atoms with E-state index in [-0.39, 0.29) is 18.1 Å². The number of hydrogen-bond donors (Lipinski definition) is 1. The Morgan fingerprint density at radius 1 is 1.07 bits per heavy atom. The fourth-order valence-corrected chi connectivity index (χ4v) is 4.18. The summed E-state index contributed by atoms with van der Waals surface area (Å²) in [5, 5.41) is 2.98. The number of ether oxygens (including phenoxy) is 1. The summed E-state index contributed by atoms with van der Waals surface area (Å²) in [5.74, 6) is 0.769. The molecule has 1 aromatic carbocycles. The summed E-state index contributed by atoms with van der Waals surface area (Å²) in [5.41, 5.74) is 4.33. The molecule has 0 spiro atoms. The highest BCUT2D eigenvalue weighted by atomic mass is 16.5. The third-order valence-electron chi connectivity index (χ3n) is 5.44. The van der Waals surface area contributed by atoms with Crippen molar-refractivity contribution in [2.24, 2.45) is 0 Å². The van der Waals surface area contributed by atoms with Crippen LogP contribution in [0, 0.1) is 13.8 Å². The molecule has 1 aliphatic rings. The fraction of sp³-hybridized carbons (Fsp3) is 0.333. The predicted molar refractivity (Wildman–Crippen MR) is 120 cm³/mol. The number of amides is 1. The van der Waals surface area contributed by atoms with Crippen LogP contribution < -0.4 is 10.2 Å². The van der Waals surface area contributed by atoms with E-state index in [4.69, 9.17) is 4.74 Å². The van der Waals surface area contributed by atoms with Crippen LogP contribution in [0.25, 0.3) is 5.69 Å². The van der Waals surface area contributed by atoms with Crippen LogP contribution in [-0.4, -0.2) is 40.8 Å². The molecular weight excluding hydrogens is 376 g/mol. The van der Waals surface area contributed by atoms with Crippen LogP contribution in [0.1, 0.15) is 35.6 Å². The van der Waals surface area contributed by atoms with Crippen LogP contribution >= 0.6 is 0 Å². The van der Waals surface area contributed by atoms with Gasteiger partial charge in [0, 0.05) is 30.2 Å². The van der Waals surface area contributed by atoms with Gasteiger partial charge >= 0.3 is 0 Å². The molecule has 2 unspecified atom stereocenters. The summed E-state index contributed by atoms with van der Waals surface area (Å²) in [7, 11) is 0. The average Bonchev–Trinajstić information content (AvgIpc) is 3.02. The van der Waals surface area contributed by atoms with E-state index < -0.39 is 0 Å². The molecule has 30 heavy (non-hydrogen) atoms. The van der Waals surface area contributed by atoms with Gasteiger partial charge in [0.2, 0.25) is 0 Å². The number of carbonyl (C=O) groups is 1. The lowest BCUT2D eigenvalue weighted by molar-refractivity contribution is -0.00545. The molecule has 2 atom stereocenters. The van der Waals surface area contributed by atoms with Crippen LogP contribution in [0.3, 0.4) is 0 Å². The van der Waals surface area contributed by atoms with Gasteiger partial charge in [-0.15, -0.1) is 0 Å². The van der Waals surface area contributed by atoms with Gasteiger partial charge in [-0.1, -0.05) is 18.2 Å². The largest absolute Gasteiger partial charge is 0.372 e. The first kappa shape index (κ1) is 20.2. The monoisotopic (exact) mass is 404 g/mol. The van der Waals surface area contributed by atoms with Gasteiger partial charge in [-0.3, -0.25) is 4.79 Å². The highest BCUT2D eigenvalue weighted by Gasteiger charge is 2.23. The van der Waals surface area contributed by atoms with Crippen LogP contribution in [0.5, 0.6) is 0 Å². The van der Waals surface area contributed by atoms with Crippen molar-refractivity contribution in [3.05, 3.63) is 71.7 Å². The second kappa shape index (κ2) is 8.32. The van der Waals surface area contributed by atoms with Crippen molar-refractivity contribution in [2.75, 3.05) is 23.3 Å². The summed E-state index contributed by atoms with van der Waals surface area (Å²) in [6.45, 7) is 9.75. The van der Waals surface area contributed by atoms with Crippen molar-refractivity contribution in [2.45, 2.75) is 39.9 Å². The van der Waals surface area contributed by atoms with Crippen molar-refractivity contribution >= 4 is 17.4 Å². The zero-order chi connectivity index (χ0) is 21.3. The Kier molecular flexibility index (Phi) is 5.59. The predicted octanol–water partition coefficient (Wildman–Crippen LogP) is 4.36. The number of rotatable bonds is 4. The summed E-state index contributed by atoms with van der Waals surface area (Å²) >= 11 is 0. The Bertz CT molecular complexity index is 1020. The SMILES string of the molecule is Cc1cc(C(=O)Nc2ccc(N3CC(C)OC(C)C3)nc2)c(C)n1-c1ccccc1. The van der Waals surface area contributed by atoms with Crippen LogP contribution in [0.4, 0.5) is 11.5 Å². The molecule has 1 amide bonds. The standard InChI is InChI=1S/C24H28N4O2/c1-16-12-22(19(4)28(16)21-8-6-5-7-9-21)24(29)26-20-10-11-23(25-13-20)27-14-17(2)30-18(3)15-27/h5-13,17-18H,14-15H2,1-4H3,(H,26,29). The first-order chi connectivity index (χ1) is 14.4. The van der Waals surface area contributed by atoms with Crippen molar-refractivity contribution in [1.82, 2.24) is 9.55 Å². The molecule has 1 fully saturated rings. The molecule has 0 radical (unpaired) electrons. The normalized spacial score (nSPS) is 19.0. The molecular formula is C24H28N4O2. The molecule has 6 nitrogen and oxygen atoms in total. The molecule has 2 aromatic heterocycles. The minimum Gasteiger partial charge on any atom is -0.372 e. The maximum absolute atomic E-state index is 12.9. The van der Waals surface area contributed by atoms with E-state index in [0.717, 1.165) is 36.0 Å². The summed E-state index contributed by atoms with van der Waals surface area (Å²) < 4.78 is 7.88. The number of nitrogens with zero attached hydrogens (tertiary/aromatic N) is 3. The van der Waals surface area contributed by atoms with Gasteiger partial charge in [0.15, 0.2) is 0 Å². The molecule has 4 rings (SSSR count). The Labute approximate surface area is 177 Å². The Balaban J connectivity index is 1.49. The minimum absolute atomic E-state index is 0.131. The molecule has 3 heterocycles. The lowest BCUT2D eigenvalue weighted by Gasteiger charge is -2.36. The number of para-hydroxylation sites is 1. The van der Waals surface area contributed by atoms with Gasteiger partial charge in [0.25, 0.3) is 5.91 Å². The molecule has 0 aliphatic carbocycles. The molecule has 3 aromatic rings. The third-order valence-corrected chi connectivity index (χ3v) is 5.44. The van der Waals surface area contributed by atoms with Gasteiger partial charge in [-0.25, -0.2) is 4.98 Å². The van der Waals surface area contributed by atoms with Crippen molar-refractivity contribution < 1.29 is 9.53 Å². The van der Waals surface area contributed by atoms with E-state index in [2.05, 4.69) is 33.6 Å². The number of morpholine rings is 1. The van der Waals surface area contributed by atoms with E-state index in [1.807, 2.05) is 62.4 Å². The van der Waals surface area contributed by atoms with Crippen LogP contribution in [0.2, 0.25) is 0 Å². The van der Waals surface area contributed by atoms with Gasteiger partial charge < -0.3 is 19.5 Å². The number of hydrogen-bond acceptors (Lipinski definition) is 4. The highest BCUT2D eigenvalue weighted by molar-refractivity contribution is 6.05.